The van der Waals surface area contributed by atoms with Crippen molar-refractivity contribution >= 4 is 56.3 Å². The number of hydrogen-bond acceptors (Lipinski definition) is 3. The van der Waals surface area contributed by atoms with E-state index in [1.807, 2.05) is 61.5 Å². The van der Waals surface area contributed by atoms with Gasteiger partial charge in [0, 0.05) is 15.2 Å². The number of anilines is 2. The molecule has 3 aromatic carbocycles. The van der Waals surface area contributed by atoms with Crippen molar-refractivity contribution in [3.8, 4) is 0 Å². The molecular weight excluding hydrogens is 452 g/mol. The number of hydrogen-bond donors (Lipinski definition) is 1. The number of halogens is 2. The van der Waals surface area contributed by atoms with Gasteiger partial charge in [0.25, 0.3) is 11.8 Å². The van der Waals surface area contributed by atoms with Crippen LogP contribution >= 0.6 is 27.5 Å². The molecule has 4 rings (SSSR count). The molecular formula is C23H16BrClN2O2. The van der Waals surface area contributed by atoms with Crippen molar-refractivity contribution in [1.29, 1.82) is 0 Å². The highest BCUT2D eigenvalue weighted by molar-refractivity contribution is 9.10. The summed E-state index contributed by atoms with van der Waals surface area (Å²) in [6, 6.07) is 21.7. The summed E-state index contributed by atoms with van der Waals surface area (Å²) in [5.74, 6) is -0.813. The lowest BCUT2D eigenvalue weighted by molar-refractivity contribution is -0.120. The van der Waals surface area contributed by atoms with E-state index in [-0.39, 0.29) is 5.70 Å². The molecule has 0 spiro atoms. The van der Waals surface area contributed by atoms with Gasteiger partial charge in [-0.15, -0.1) is 0 Å². The van der Waals surface area contributed by atoms with Gasteiger partial charge < -0.3 is 5.32 Å². The number of rotatable bonds is 4. The minimum Gasteiger partial charge on any atom is -0.350 e. The first-order chi connectivity index (χ1) is 14.0. The summed E-state index contributed by atoms with van der Waals surface area (Å²) in [4.78, 5) is 27.8. The minimum absolute atomic E-state index is 0.232. The molecule has 6 heteroatoms. The maximum absolute atomic E-state index is 13.3. The maximum atomic E-state index is 13.3. The molecule has 0 aromatic heterocycles. The predicted octanol–water partition coefficient (Wildman–Crippen LogP) is 5.81. The van der Waals surface area contributed by atoms with Crippen molar-refractivity contribution in [2.24, 2.45) is 0 Å². The van der Waals surface area contributed by atoms with Gasteiger partial charge in [-0.3, -0.25) is 9.59 Å². The lowest BCUT2D eigenvalue weighted by Crippen LogP contribution is -2.32. The van der Waals surface area contributed by atoms with Crippen molar-refractivity contribution in [3.05, 3.63) is 99.1 Å². The van der Waals surface area contributed by atoms with Gasteiger partial charge in [0.15, 0.2) is 0 Å². The lowest BCUT2D eigenvalue weighted by atomic mass is 10.0. The quantitative estimate of drug-likeness (QED) is 0.493. The topological polar surface area (TPSA) is 49.4 Å². The number of nitrogens with zero attached hydrogens (tertiary/aromatic N) is 1. The van der Waals surface area contributed by atoms with Crippen molar-refractivity contribution in [2.45, 2.75) is 6.92 Å². The smallest absolute Gasteiger partial charge is 0.282 e. The van der Waals surface area contributed by atoms with Crippen LogP contribution in [0.25, 0.3) is 5.57 Å². The molecule has 0 fully saturated rings. The highest BCUT2D eigenvalue weighted by Gasteiger charge is 2.40. The standard InChI is InChI=1S/C23H16BrClN2O2/c1-14-10-11-18(13-19(14)25)27-22(28)20(15-6-3-2-4-7-15)21(23(27)29)26-17-9-5-8-16(24)12-17/h2-13,26H,1H3. The predicted molar refractivity (Wildman–Crippen MR) is 120 cm³/mol. The van der Waals surface area contributed by atoms with Crippen LogP contribution in [0.1, 0.15) is 11.1 Å². The number of carbonyl (C=O) groups is 2. The highest BCUT2D eigenvalue weighted by atomic mass is 79.9. The fourth-order valence-electron chi connectivity index (χ4n) is 3.18. The zero-order chi connectivity index (χ0) is 20.5. The van der Waals surface area contributed by atoms with E-state index in [1.54, 1.807) is 18.2 Å². The summed E-state index contributed by atoms with van der Waals surface area (Å²) in [5.41, 5.74) is 3.24. The van der Waals surface area contributed by atoms with Gasteiger partial charge in [-0.05, 0) is 48.4 Å². The Balaban J connectivity index is 1.82. The molecule has 1 N–H and O–H groups in total. The Morgan fingerprint density at radius 1 is 0.897 bits per heavy atom. The van der Waals surface area contributed by atoms with Gasteiger partial charge in [0.2, 0.25) is 0 Å². The Bertz CT molecular complexity index is 1160. The Morgan fingerprint density at radius 2 is 1.66 bits per heavy atom. The third kappa shape index (κ3) is 3.71. The van der Waals surface area contributed by atoms with E-state index in [0.29, 0.717) is 27.5 Å². The van der Waals surface area contributed by atoms with Gasteiger partial charge in [-0.2, -0.15) is 0 Å². The van der Waals surface area contributed by atoms with E-state index >= 15 is 0 Å². The second-order valence-corrected chi connectivity index (χ2v) is 7.95. The number of amides is 2. The third-order valence-corrected chi connectivity index (χ3v) is 5.55. The Morgan fingerprint density at radius 3 is 2.34 bits per heavy atom. The van der Waals surface area contributed by atoms with Crippen molar-refractivity contribution < 1.29 is 9.59 Å². The molecule has 0 unspecified atom stereocenters. The molecule has 3 aromatic rings. The Hall–Kier alpha value is -2.89. The van der Waals surface area contributed by atoms with Crippen LogP contribution in [0.4, 0.5) is 11.4 Å². The van der Waals surface area contributed by atoms with Crippen LogP contribution in [0.2, 0.25) is 5.02 Å². The molecule has 0 saturated heterocycles. The molecule has 0 atom stereocenters. The molecule has 0 saturated carbocycles. The molecule has 1 heterocycles. The molecule has 4 nitrogen and oxygen atoms in total. The van der Waals surface area contributed by atoms with Crippen molar-refractivity contribution in [3.63, 3.8) is 0 Å². The average Bonchev–Trinajstić information content (AvgIpc) is 2.95. The summed E-state index contributed by atoms with van der Waals surface area (Å²) in [5, 5.41) is 3.64. The molecule has 1 aliphatic rings. The number of benzene rings is 3. The first-order valence-electron chi connectivity index (χ1n) is 8.93. The van der Waals surface area contributed by atoms with Gasteiger partial charge in [-0.25, -0.2) is 4.90 Å². The molecule has 2 amide bonds. The second kappa shape index (κ2) is 7.85. The van der Waals surface area contributed by atoms with Crippen molar-refractivity contribution in [2.75, 3.05) is 10.2 Å². The van der Waals surface area contributed by atoms with E-state index in [4.69, 9.17) is 11.6 Å². The van der Waals surface area contributed by atoms with Crippen molar-refractivity contribution in [1.82, 2.24) is 0 Å². The number of carbonyl (C=O) groups excluding carboxylic acids is 2. The fraction of sp³-hybridized carbons (Fsp3) is 0.0435. The van der Waals surface area contributed by atoms with E-state index in [2.05, 4.69) is 21.2 Å². The SMILES string of the molecule is Cc1ccc(N2C(=O)C(Nc3cccc(Br)c3)=C(c3ccccc3)C2=O)cc1Cl. The van der Waals surface area contributed by atoms with E-state index < -0.39 is 11.8 Å². The monoisotopic (exact) mass is 466 g/mol. The van der Waals surface area contributed by atoms with Gasteiger partial charge in [0.1, 0.15) is 5.70 Å². The molecule has 144 valence electrons. The number of aryl methyl sites for hydroxylation is 1. The summed E-state index contributed by atoms with van der Waals surface area (Å²) in [6.45, 7) is 1.87. The second-order valence-electron chi connectivity index (χ2n) is 6.63. The van der Waals surface area contributed by atoms with Crippen LogP contribution in [0.3, 0.4) is 0 Å². The molecule has 29 heavy (non-hydrogen) atoms. The van der Waals surface area contributed by atoms with E-state index in [0.717, 1.165) is 14.9 Å². The summed E-state index contributed by atoms with van der Waals surface area (Å²) in [7, 11) is 0. The third-order valence-electron chi connectivity index (χ3n) is 4.65. The van der Waals surface area contributed by atoms with E-state index in [1.165, 1.54) is 0 Å². The van der Waals surface area contributed by atoms with Crippen LogP contribution in [0, 0.1) is 6.92 Å². The number of imide groups is 1. The zero-order valence-corrected chi connectivity index (χ0v) is 17.8. The fourth-order valence-corrected chi connectivity index (χ4v) is 3.76. The normalized spacial score (nSPS) is 14.0. The molecule has 1 aliphatic heterocycles. The first-order valence-corrected chi connectivity index (χ1v) is 10.1. The van der Waals surface area contributed by atoms with Crippen LogP contribution in [0.15, 0.2) is 83.0 Å². The lowest BCUT2D eigenvalue weighted by Gasteiger charge is -2.16. The molecule has 0 bridgehead atoms. The summed E-state index contributed by atoms with van der Waals surface area (Å²) >= 11 is 9.67. The largest absolute Gasteiger partial charge is 0.350 e. The summed E-state index contributed by atoms with van der Waals surface area (Å²) < 4.78 is 0.864. The van der Waals surface area contributed by atoms with E-state index in [9.17, 15) is 9.59 Å². The minimum atomic E-state index is -0.422. The maximum Gasteiger partial charge on any atom is 0.282 e. The average molecular weight is 468 g/mol. The van der Waals surface area contributed by atoms with Crippen LogP contribution < -0.4 is 10.2 Å². The Kier molecular flexibility index (Phi) is 5.26. The van der Waals surface area contributed by atoms with Gasteiger partial charge in [-0.1, -0.05) is 70.0 Å². The number of nitrogens with one attached hydrogen (secondary N) is 1. The molecule has 0 radical (unpaired) electrons. The van der Waals surface area contributed by atoms with Gasteiger partial charge >= 0.3 is 0 Å². The van der Waals surface area contributed by atoms with Crippen LogP contribution in [0.5, 0.6) is 0 Å². The van der Waals surface area contributed by atoms with Gasteiger partial charge in [0.05, 0.1) is 11.3 Å². The molecule has 0 aliphatic carbocycles. The highest BCUT2D eigenvalue weighted by Crippen LogP contribution is 2.35. The van der Waals surface area contributed by atoms with Crippen LogP contribution in [-0.4, -0.2) is 11.8 Å². The Labute approximate surface area is 181 Å². The van der Waals surface area contributed by atoms with Crippen LogP contribution in [-0.2, 0) is 9.59 Å². The zero-order valence-electron chi connectivity index (χ0n) is 15.4. The first kappa shape index (κ1) is 19.4. The summed E-state index contributed by atoms with van der Waals surface area (Å²) in [6.07, 6.45) is 0.